The lowest BCUT2D eigenvalue weighted by Crippen LogP contribution is -2.34. The van der Waals surface area contributed by atoms with Crippen molar-refractivity contribution in [2.24, 2.45) is 11.1 Å². The Bertz CT molecular complexity index is 537. The number of ether oxygens (including phenoxy) is 1. The SMILES string of the molecule is CC1(CN)CCN(C(=O)c2ccc(OCC(F)(F)F)cc2)C1.Cl. The highest BCUT2D eigenvalue weighted by molar-refractivity contribution is 5.94. The first-order valence-corrected chi connectivity index (χ1v) is 7.01. The van der Waals surface area contributed by atoms with Crippen LogP contribution >= 0.6 is 12.4 Å². The number of likely N-dealkylation sites (tertiary alicyclic amines) is 1. The van der Waals surface area contributed by atoms with E-state index in [4.69, 9.17) is 5.73 Å². The minimum atomic E-state index is -4.38. The van der Waals surface area contributed by atoms with Crippen LogP contribution in [0.25, 0.3) is 0 Å². The maximum Gasteiger partial charge on any atom is 0.422 e. The van der Waals surface area contributed by atoms with Crippen molar-refractivity contribution >= 4 is 18.3 Å². The van der Waals surface area contributed by atoms with Gasteiger partial charge in [-0.3, -0.25) is 4.79 Å². The van der Waals surface area contributed by atoms with Crippen LogP contribution in [-0.4, -0.2) is 43.2 Å². The first-order valence-electron chi connectivity index (χ1n) is 7.01. The van der Waals surface area contributed by atoms with Crippen molar-refractivity contribution in [3.8, 4) is 5.75 Å². The molecule has 0 bridgehead atoms. The van der Waals surface area contributed by atoms with Crippen LogP contribution in [0, 0.1) is 5.41 Å². The fraction of sp³-hybridized carbons (Fsp3) is 0.533. The molecule has 2 rings (SSSR count). The summed E-state index contributed by atoms with van der Waals surface area (Å²) in [6, 6.07) is 5.70. The monoisotopic (exact) mass is 352 g/mol. The maximum atomic E-state index is 12.3. The number of carbonyl (C=O) groups is 1. The summed E-state index contributed by atoms with van der Waals surface area (Å²) >= 11 is 0. The molecule has 1 atom stereocenters. The molecule has 0 aliphatic carbocycles. The smallest absolute Gasteiger partial charge is 0.422 e. The first kappa shape index (κ1) is 19.6. The molecule has 1 amide bonds. The molecular weight excluding hydrogens is 333 g/mol. The number of carbonyl (C=O) groups excluding carboxylic acids is 1. The summed E-state index contributed by atoms with van der Waals surface area (Å²) in [7, 11) is 0. The highest BCUT2D eigenvalue weighted by atomic mass is 35.5. The maximum absolute atomic E-state index is 12.3. The minimum absolute atomic E-state index is 0. The molecule has 130 valence electrons. The van der Waals surface area contributed by atoms with E-state index in [-0.39, 0.29) is 29.5 Å². The molecule has 1 aliphatic heterocycles. The summed E-state index contributed by atoms with van der Waals surface area (Å²) in [4.78, 5) is 14.1. The molecule has 2 N–H and O–H groups in total. The third kappa shape index (κ3) is 5.28. The number of benzene rings is 1. The third-order valence-corrected chi connectivity index (χ3v) is 3.84. The van der Waals surface area contributed by atoms with Crippen molar-refractivity contribution in [2.75, 3.05) is 26.2 Å². The van der Waals surface area contributed by atoms with Crippen molar-refractivity contribution in [1.82, 2.24) is 4.90 Å². The van der Waals surface area contributed by atoms with E-state index >= 15 is 0 Å². The number of hydrogen-bond donors (Lipinski definition) is 1. The molecule has 1 saturated heterocycles. The predicted molar refractivity (Wildman–Crippen MR) is 82.9 cm³/mol. The second-order valence-corrected chi connectivity index (χ2v) is 5.92. The summed E-state index contributed by atoms with van der Waals surface area (Å²) in [6.45, 7) is 2.43. The normalized spacial score (nSPS) is 21.0. The van der Waals surface area contributed by atoms with Crippen LogP contribution in [0.1, 0.15) is 23.7 Å². The van der Waals surface area contributed by atoms with Crippen molar-refractivity contribution in [2.45, 2.75) is 19.5 Å². The van der Waals surface area contributed by atoms with Gasteiger partial charge in [0.05, 0.1) is 0 Å². The van der Waals surface area contributed by atoms with E-state index in [0.717, 1.165) is 6.42 Å². The molecule has 1 aromatic carbocycles. The highest BCUT2D eigenvalue weighted by Gasteiger charge is 2.35. The van der Waals surface area contributed by atoms with Crippen LogP contribution in [0.5, 0.6) is 5.75 Å². The molecule has 0 radical (unpaired) electrons. The van der Waals surface area contributed by atoms with Gasteiger partial charge in [0.2, 0.25) is 0 Å². The van der Waals surface area contributed by atoms with Gasteiger partial charge in [0.25, 0.3) is 5.91 Å². The molecule has 1 unspecified atom stereocenters. The van der Waals surface area contributed by atoms with Gasteiger partial charge in [-0.15, -0.1) is 12.4 Å². The summed E-state index contributed by atoms with van der Waals surface area (Å²) in [5, 5.41) is 0. The largest absolute Gasteiger partial charge is 0.484 e. The van der Waals surface area contributed by atoms with Crippen molar-refractivity contribution < 1.29 is 22.7 Å². The number of nitrogens with zero attached hydrogens (tertiary/aromatic N) is 1. The van der Waals surface area contributed by atoms with Gasteiger partial charge < -0.3 is 15.4 Å². The van der Waals surface area contributed by atoms with E-state index in [1.54, 1.807) is 4.90 Å². The number of hydrogen-bond acceptors (Lipinski definition) is 3. The molecule has 1 aromatic rings. The number of halogens is 4. The fourth-order valence-electron chi connectivity index (χ4n) is 2.41. The van der Waals surface area contributed by atoms with Crippen LogP contribution in [0.3, 0.4) is 0 Å². The molecule has 23 heavy (non-hydrogen) atoms. The van der Waals surface area contributed by atoms with Crippen LogP contribution in [-0.2, 0) is 0 Å². The fourth-order valence-corrected chi connectivity index (χ4v) is 2.41. The summed E-state index contributed by atoms with van der Waals surface area (Å²) in [5.74, 6) is -0.0540. The second kappa shape index (κ2) is 7.40. The van der Waals surface area contributed by atoms with Gasteiger partial charge in [-0.25, -0.2) is 0 Å². The average Bonchev–Trinajstić information content (AvgIpc) is 2.87. The van der Waals surface area contributed by atoms with Gasteiger partial charge in [0.1, 0.15) is 5.75 Å². The van der Waals surface area contributed by atoms with E-state index in [1.165, 1.54) is 24.3 Å². The van der Waals surface area contributed by atoms with Crippen molar-refractivity contribution in [3.05, 3.63) is 29.8 Å². The van der Waals surface area contributed by atoms with Crippen LogP contribution in [0.4, 0.5) is 13.2 Å². The van der Waals surface area contributed by atoms with Crippen molar-refractivity contribution in [1.29, 1.82) is 0 Å². The number of amides is 1. The van der Waals surface area contributed by atoms with Gasteiger partial charge in [-0.1, -0.05) is 6.92 Å². The van der Waals surface area contributed by atoms with Crippen LogP contribution in [0.2, 0.25) is 0 Å². The van der Waals surface area contributed by atoms with Crippen LogP contribution < -0.4 is 10.5 Å². The van der Waals surface area contributed by atoms with Gasteiger partial charge in [-0.05, 0) is 42.6 Å². The lowest BCUT2D eigenvalue weighted by molar-refractivity contribution is -0.153. The second-order valence-electron chi connectivity index (χ2n) is 5.92. The minimum Gasteiger partial charge on any atom is -0.484 e. The van der Waals surface area contributed by atoms with Gasteiger partial charge in [0.15, 0.2) is 6.61 Å². The number of rotatable bonds is 4. The van der Waals surface area contributed by atoms with Crippen molar-refractivity contribution in [3.63, 3.8) is 0 Å². The summed E-state index contributed by atoms with van der Waals surface area (Å²) in [6.07, 6.45) is -3.53. The van der Waals surface area contributed by atoms with E-state index < -0.39 is 12.8 Å². The molecule has 1 fully saturated rings. The third-order valence-electron chi connectivity index (χ3n) is 3.84. The Labute approximate surface area is 139 Å². The Kier molecular flexibility index (Phi) is 6.30. The summed E-state index contributed by atoms with van der Waals surface area (Å²) < 4.78 is 40.8. The molecule has 1 aliphatic rings. The average molecular weight is 353 g/mol. The lowest BCUT2D eigenvalue weighted by Gasteiger charge is -2.22. The topological polar surface area (TPSA) is 55.6 Å². The highest BCUT2D eigenvalue weighted by Crippen LogP contribution is 2.29. The van der Waals surface area contributed by atoms with E-state index in [9.17, 15) is 18.0 Å². The molecule has 1 heterocycles. The summed E-state index contributed by atoms with van der Waals surface area (Å²) in [5.41, 5.74) is 6.08. The molecule has 4 nitrogen and oxygen atoms in total. The Hall–Kier alpha value is -1.47. The van der Waals surface area contributed by atoms with Gasteiger partial charge in [0, 0.05) is 18.7 Å². The Morgan fingerprint density at radius 1 is 1.35 bits per heavy atom. The Balaban J connectivity index is 0.00000264. The molecule has 8 heteroatoms. The predicted octanol–water partition coefficient (Wildman–Crippen LogP) is 2.86. The zero-order chi connectivity index (χ0) is 16.4. The molecule has 0 aromatic heterocycles. The number of nitrogens with two attached hydrogens (primary N) is 1. The molecular formula is C15H20ClF3N2O2. The van der Waals surface area contributed by atoms with E-state index in [0.29, 0.717) is 25.2 Å². The molecule has 0 spiro atoms. The quantitative estimate of drug-likeness (QED) is 0.906. The van der Waals surface area contributed by atoms with Crippen LogP contribution in [0.15, 0.2) is 24.3 Å². The lowest BCUT2D eigenvalue weighted by atomic mass is 9.90. The molecule has 0 saturated carbocycles. The Morgan fingerprint density at radius 2 is 1.96 bits per heavy atom. The van der Waals surface area contributed by atoms with Gasteiger partial charge >= 0.3 is 6.18 Å². The zero-order valence-electron chi connectivity index (χ0n) is 12.7. The number of alkyl halides is 3. The standard InChI is InChI=1S/C15H19F3N2O2.ClH/c1-14(8-19)6-7-20(9-14)13(21)11-2-4-12(5-3-11)22-10-15(16,17)18;/h2-5H,6-10,19H2,1H3;1H. The van der Waals surface area contributed by atoms with E-state index in [1.807, 2.05) is 6.92 Å². The van der Waals surface area contributed by atoms with Gasteiger partial charge in [-0.2, -0.15) is 13.2 Å². The van der Waals surface area contributed by atoms with E-state index in [2.05, 4.69) is 4.74 Å². The zero-order valence-corrected chi connectivity index (χ0v) is 13.5. The first-order chi connectivity index (χ1) is 10.2. The Morgan fingerprint density at radius 3 is 2.43 bits per heavy atom.